The van der Waals surface area contributed by atoms with Crippen molar-refractivity contribution in [1.82, 2.24) is 15.2 Å². The summed E-state index contributed by atoms with van der Waals surface area (Å²) in [7, 11) is 0. The van der Waals surface area contributed by atoms with Crippen LogP contribution in [0, 0.1) is 20.8 Å². The summed E-state index contributed by atoms with van der Waals surface area (Å²) in [6.07, 6.45) is 0. The first-order chi connectivity index (χ1) is 10.5. The van der Waals surface area contributed by atoms with Crippen LogP contribution in [0.5, 0.6) is 0 Å². The number of amides is 1. The Hall–Kier alpha value is -2.54. The Morgan fingerprint density at radius 2 is 1.86 bits per heavy atom. The minimum absolute atomic E-state index is 0.0600. The highest BCUT2D eigenvalue weighted by Crippen LogP contribution is 2.22. The van der Waals surface area contributed by atoms with E-state index in [0.717, 1.165) is 16.1 Å². The van der Waals surface area contributed by atoms with Gasteiger partial charge in [-0.05, 0) is 32.9 Å². The van der Waals surface area contributed by atoms with Crippen LogP contribution in [0.2, 0.25) is 0 Å². The fourth-order valence-corrected chi connectivity index (χ4v) is 2.70. The summed E-state index contributed by atoms with van der Waals surface area (Å²) in [6.45, 7) is 5.78. The Balaban J connectivity index is 1.78. The second-order valence-corrected chi connectivity index (χ2v) is 6.06. The molecule has 2 heterocycles. The molecule has 1 N–H and O–H groups in total. The van der Waals surface area contributed by atoms with Crippen LogP contribution in [-0.4, -0.2) is 21.1 Å². The molecule has 0 bridgehead atoms. The monoisotopic (exact) mass is 314 g/mol. The molecule has 7 heteroatoms. The van der Waals surface area contributed by atoms with Gasteiger partial charge in [0.25, 0.3) is 11.8 Å². The van der Waals surface area contributed by atoms with Crippen molar-refractivity contribution in [2.75, 3.05) is 5.32 Å². The van der Waals surface area contributed by atoms with E-state index in [9.17, 15) is 4.79 Å². The molecule has 0 atom stereocenters. The summed E-state index contributed by atoms with van der Waals surface area (Å²) in [5, 5.41) is 13.1. The number of nitrogens with zero attached hydrogens (tertiary/aromatic N) is 3. The van der Waals surface area contributed by atoms with Crippen molar-refractivity contribution in [3.8, 4) is 11.6 Å². The number of benzene rings is 1. The summed E-state index contributed by atoms with van der Waals surface area (Å²) in [6, 6.07) is 5.68. The summed E-state index contributed by atoms with van der Waals surface area (Å²) in [5.74, 6) is 0.0107. The molecule has 112 valence electrons. The standard InChI is InChI=1S/C15H14N4O2S/c1-8-4-9(2)6-11(5-8)13(20)17-15-19-18-14(21-15)12-7-22-10(3)16-12/h4-7H,1-3H3,(H,17,19,20). The average Bonchev–Trinajstić information content (AvgIpc) is 3.06. The van der Waals surface area contributed by atoms with E-state index in [0.29, 0.717) is 17.1 Å². The van der Waals surface area contributed by atoms with Crippen molar-refractivity contribution in [2.24, 2.45) is 0 Å². The Bertz CT molecular complexity index is 817. The topological polar surface area (TPSA) is 80.9 Å². The number of thiazole rings is 1. The van der Waals surface area contributed by atoms with Crippen LogP contribution in [0.3, 0.4) is 0 Å². The van der Waals surface area contributed by atoms with Crippen LogP contribution >= 0.6 is 11.3 Å². The lowest BCUT2D eigenvalue weighted by Gasteiger charge is -2.03. The molecule has 0 saturated carbocycles. The Morgan fingerprint density at radius 1 is 1.14 bits per heavy atom. The zero-order valence-electron chi connectivity index (χ0n) is 12.4. The summed E-state index contributed by atoms with van der Waals surface area (Å²) in [4.78, 5) is 16.5. The van der Waals surface area contributed by atoms with E-state index in [1.807, 2.05) is 44.4 Å². The maximum absolute atomic E-state index is 12.2. The first-order valence-corrected chi connectivity index (χ1v) is 7.55. The number of rotatable bonds is 3. The van der Waals surface area contributed by atoms with Crippen LogP contribution < -0.4 is 5.32 Å². The SMILES string of the molecule is Cc1cc(C)cc(C(=O)Nc2nnc(-c3csc(C)n3)o2)c1. The molecule has 6 nitrogen and oxygen atoms in total. The largest absolute Gasteiger partial charge is 0.401 e. The highest BCUT2D eigenvalue weighted by molar-refractivity contribution is 7.09. The van der Waals surface area contributed by atoms with Gasteiger partial charge in [0.05, 0.1) is 5.01 Å². The van der Waals surface area contributed by atoms with E-state index in [1.165, 1.54) is 11.3 Å². The first kappa shape index (κ1) is 14.4. The first-order valence-electron chi connectivity index (χ1n) is 6.67. The van der Waals surface area contributed by atoms with E-state index < -0.39 is 0 Å². The third-order valence-corrected chi connectivity index (χ3v) is 3.74. The van der Waals surface area contributed by atoms with Gasteiger partial charge in [0, 0.05) is 10.9 Å². The third kappa shape index (κ3) is 3.04. The molecule has 3 aromatic rings. The number of aryl methyl sites for hydroxylation is 3. The van der Waals surface area contributed by atoms with E-state index >= 15 is 0 Å². The molecule has 0 saturated heterocycles. The molecule has 0 aliphatic rings. The van der Waals surface area contributed by atoms with Crippen molar-refractivity contribution in [2.45, 2.75) is 20.8 Å². The molecule has 3 rings (SSSR count). The summed E-state index contributed by atoms with van der Waals surface area (Å²) < 4.78 is 5.43. The van der Waals surface area contributed by atoms with Gasteiger partial charge in [0.1, 0.15) is 5.69 Å². The van der Waals surface area contributed by atoms with Crippen molar-refractivity contribution in [1.29, 1.82) is 0 Å². The highest BCUT2D eigenvalue weighted by atomic mass is 32.1. The molecule has 2 aromatic heterocycles. The second kappa shape index (κ2) is 5.69. The molecular weight excluding hydrogens is 300 g/mol. The predicted octanol–water partition coefficient (Wildman–Crippen LogP) is 3.37. The second-order valence-electron chi connectivity index (χ2n) is 4.99. The lowest BCUT2D eigenvalue weighted by atomic mass is 10.1. The Kier molecular flexibility index (Phi) is 3.72. The summed E-state index contributed by atoms with van der Waals surface area (Å²) in [5.41, 5.74) is 3.22. The number of nitrogens with one attached hydrogen (secondary N) is 1. The zero-order valence-corrected chi connectivity index (χ0v) is 13.2. The average molecular weight is 314 g/mol. The van der Waals surface area contributed by atoms with Crippen molar-refractivity contribution in [3.05, 3.63) is 45.3 Å². The number of hydrogen-bond acceptors (Lipinski definition) is 6. The van der Waals surface area contributed by atoms with Gasteiger partial charge in [-0.1, -0.05) is 22.3 Å². The highest BCUT2D eigenvalue weighted by Gasteiger charge is 2.14. The van der Waals surface area contributed by atoms with E-state index in [1.54, 1.807) is 0 Å². The molecule has 0 radical (unpaired) electrons. The number of carbonyl (C=O) groups is 1. The van der Waals surface area contributed by atoms with Gasteiger partial charge >= 0.3 is 6.01 Å². The number of anilines is 1. The van der Waals surface area contributed by atoms with Gasteiger partial charge in [-0.3, -0.25) is 10.1 Å². The molecule has 22 heavy (non-hydrogen) atoms. The Labute approximate surface area is 131 Å². The van der Waals surface area contributed by atoms with Crippen molar-refractivity contribution >= 4 is 23.3 Å². The van der Waals surface area contributed by atoms with Crippen LogP contribution in [0.1, 0.15) is 26.5 Å². The quantitative estimate of drug-likeness (QED) is 0.801. The molecule has 1 amide bonds. The molecular formula is C15H14N4O2S. The molecule has 0 aliphatic carbocycles. The lowest BCUT2D eigenvalue weighted by Crippen LogP contribution is -2.12. The van der Waals surface area contributed by atoms with E-state index in [4.69, 9.17) is 4.42 Å². The molecule has 0 aliphatic heterocycles. The normalized spacial score (nSPS) is 10.7. The van der Waals surface area contributed by atoms with Crippen LogP contribution in [0.25, 0.3) is 11.6 Å². The van der Waals surface area contributed by atoms with Crippen molar-refractivity contribution in [3.63, 3.8) is 0 Å². The predicted molar refractivity (Wildman–Crippen MR) is 84.0 cm³/mol. The molecule has 1 aromatic carbocycles. The summed E-state index contributed by atoms with van der Waals surface area (Å²) >= 11 is 1.50. The van der Waals surface area contributed by atoms with Gasteiger partial charge < -0.3 is 4.42 Å². The Morgan fingerprint density at radius 3 is 2.50 bits per heavy atom. The number of aromatic nitrogens is 3. The van der Waals surface area contributed by atoms with Crippen LogP contribution in [0.15, 0.2) is 28.0 Å². The van der Waals surface area contributed by atoms with Gasteiger partial charge in [0.15, 0.2) is 0 Å². The van der Waals surface area contributed by atoms with E-state index in [-0.39, 0.29) is 11.9 Å². The van der Waals surface area contributed by atoms with E-state index in [2.05, 4.69) is 20.5 Å². The molecule has 0 spiro atoms. The zero-order chi connectivity index (χ0) is 15.7. The number of hydrogen-bond donors (Lipinski definition) is 1. The fraction of sp³-hybridized carbons (Fsp3) is 0.200. The minimum atomic E-state index is -0.281. The maximum atomic E-state index is 12.2. The van der Waals surface area contributed by atoms with Crippen LogP contribution in [0.4, 0.5) is 6.01 Å². The smallest absolute Gasteiger partial charge is 0.322 e. The lowest BCUT2D eigenvalue weighted by molar-refractivity contribution is 0.102. The van der Waals surface area contributed by atoms with Gasteiger partial charge in [0.2, 0.25) is 0 Å². The van der Waals surface area contributed by atoms with Crippen LogP contribution in [-0.2, 0) is 0 Å². The molecule has 0 unspecified atom stereocenters. The van der Waals surface area contributed by atoms with Gasteiger partial charge in [-0.25, -0.2) is 4.98 Å². The van der Waals surface area contributed by atoms with Gasteiger partial charge in [-0.2, -0.15) is 0 Å². The van der Waals surface area contributed by atoms with Gasteiger partial charge in [-0.15, -0.1) is 16.4 Å². The third-order valence-electron chi connectivity index (χ3n) is 2.97. The molecule has 0 fully saturated rings. The van der Waals surface area contributed by atoms with Crippen molar-refractivity contribution < 1.29 is 9.21 Å². The minimum Gasteiger partial charge on any atom is -0.401 e. The number of carbonyl (C=O) groups excluding carboxylic acids is 1. The fourth-order valence-electron chi connectivity index (χ4n) is 2.11. The maximum Gasteiger partial charge on any atom is 0.322 e.